The zero-order valence-electron chi connectivity index (χ0n) is 13.8. The molecule has 0 saturated heterocycles. The van der Waals surface area contributed by atoms with E-state index >= 15 is 0 Å². The molecule has 2 rings (SSSR count). The number of amides is 1. The Balaban J connectivity index is 2.14. The fourth-order valence-corrected chi connectivity index (χ4v) is 2.37. The van der Waals surface area contributed by atoms with Gasteiger partial charge in [-0.2, -0.15) is 5.10 Å². The van der Waals surface area contributed by atoms with Gasteiger partial charge in [0.25, 0.3) is 0 Å². The second-order valence-corrected chi connectivity index (χ2v) is 5.58. The summed E-state index contributed by atoms with van der Waals surface area (Å²) in [7, 11) is 0. The Morgan fingerprint density at radius 3 is 2.61 bits per heavy atom. The van der Waals surface area contributed by atoms with Crippen LogP contribution >= 0.6 is 0 Å². The average molecular weight is 313 g/mol. The molecular weight excluding hydrogens is 290 g/mol. The first-order chi connectivity index (χ1) is 11.0. The van der Waals surface area contributed by atoms with Gasteiger partial charge in [0, 0.05) is 23.9 Å². The third-order valence-electron chi connectivity index (χ3n) is 3.70. The Morgan fingerprint density at radius 2 is 1.96 bits per heavy atom. The Hall–Kier alpha value is -2.40. The normalized spacial score (nSPS) is 11.1. The van der Waals surface area contributed by atoms with Crippen molar-refractivity contribution in [2.24, 2.45) is 0 Å². The number of aromatic nitrogens is 2. The highest BCUT2D eigenvalue weighted by atomic mass is 16.3. The fourth-order valence-electron chi connectivity index (χ4n) is 2.37. The first-order valence-corrected chi connectivity index (χ1v) is 7.67. The molecule has 1 aromatic heterocycles. The lowest BCUT2D eigenvalue weighted by atomic mass is 10.1. The quantitative estimate of drug-likeness (QED) is 0.801. The average Bonchev–Trinajstić information content (AvgIpc) is 2.79. The van der Waals surface area contributed by atoms with E-state index in [9.17, 15) is 4.79 Å². The highest BCUT2D eigenvalue weighted by molar-refractivity contribution is 5.91. The molecule has 122 valence electrons. The number of carbonyl (C=O) groups excluding carboxylic acids is 1. The molecule has 0 atom stereocenters. The molecule has 1 heterocycles. The van der Waals surface area contributed by atoms with Gasteiger partial charge in [0.1, 0.15) is 0 Å². The lowest BCUT2D eigenvalue weighted by Crippen LogP contribution is -2.24. The minimum absolute atomic E-state index is 0.0634. The SMILES string of the molecule is Cc1ccc(Cn2nc(C)c(/C=C/C(=O)NCCO)c2C)cc1. The van der Waals surface area contributed by atoms with E-state index in [1.165, 1.54) is 17.2 Å². The van der Waals surface area contributed by atoms with E-state index in [1.54, 1.807) is 6.08 Å². The minimum Gasteiger partial charge on any atom is -0.395 e. The Kier molecular flexibility index (Phi) is 5.71. The molecule has 0 aliphatic heterocycles. The molecule has 0 spiro atoms. The van der Waals surface area contributed by atoms with Crippen molar-refractivity contribution in [3.8, 4) is 0 Å². The molecule has 1 amide bonds. The maximum atomic E-state index is 11.6. The summed E-state index contributed by atoms with van der Waals surface area (Å²) in [5.41, 5.74) is 5.29. The molecule has 23 heavy (non-hydrogen) atoms. The number of benzene rings is 1. The van der Waals surface area contributed by atoms with Crippen LogP contribution in [0, 0.1) is 20.8 Å². The third-order valence-corrected chi connectivity index (χ3v) is 3.70. The molecule has 1 aromatic carbocycles. The highest BCUT2D eigenvalue weighted by Crippen LogP contribution is 2.16. The van der Waals surface area contributed by atoms with Gasteiger partial charge in [-0.3, -0.25) is 9.48 Å². The van der Waals surface area contributed by atoms with Gasteiger partial charge in [0.15, 0.2) is 0 Å². The number of hydrogen-bond donors (Lipinski definition) is 2. The molecule has 0 aliphatic rings. The Bertz CT molecular complexity index is 700. The van der Waals surface area contributed by atoms with Gasteiger partial charge in [-0.15, -0.1) is 0 Å². The standard InChI is InChI=1S/C18H23N3O2/c1-13-4-6-16(7-5-13)12-21-15(3)17(14(2)20-21)8-9-18(23)19-10-11-22/h4-9,22H,10-12H2,1-3H3,(H,19,23)/b9-8+. The van der Waals surface area contributed by atoms with Crippen molar-refractivity contribution in [2.45, 2.75) is 27.3 Å². The predicted octanol–water partition coefficient (Wildman–Crippen LogP) is 1.98. The molecule has 2 N–H and O–H groups in total. The topological polar surface area (TPSA) is 67.2 Å². The van der Waals surface area contributed by atoms with E-state index in [1.807, 2.05) is 18.5 Å². The molecule has 0 saturated carbocycles. The number of rotatable bonds is 6. The summed E-state index contributed by atoms with van der Waals surface area (Å²) in [5.74, 6) is -0.218. The summed E-state index contributed by atoms with van der Waals surface area (Å²) in [6, 6.07) is 8.38. The van der Waals surface area contributed by atoms with Crippen LogP contribution in [-0.4, -0.2) is 33.9 Å². The lowest BCUT2D eigenvalue weighted by Gasteiger charge is -2.05. The van der Waals surface area contributed by atoms with Crippen LogP contribution in [0.2, 0.25) is 0 Å². The van der Waals surface area contributed by atoms with E-state index in [4.69, 9.17) is 5.11 Å². The number of nitrogens with zero attached hydrogens (tertiary/aromatic N) is 2. The molecule has 2 aromatic rings. The fraction of sp³-hybridized carbons (Fsp3) is 0.333. The minimum atomic E-state index is -0.218. The van der Waals surface area contributed by atoms with Crippen molar-refractivity contribution < 1.29 is 9.90 Å². The van der Waals surface area contributed by atoms with Gasteiger partial charge in [0.05, 0.1) is 18.8 Å². The van der Waals surface area contributed by atoms with Crippen LogP contribution in [0.25, 0.3) is 6.08 Å². The predicted molar refractivity (Wildman–Crippen MR) is 91.1 cm³/mol. The van der Waals surface area contributed by atoms with Crippen molar-refractivity contribution in [3.63, 3.8) is 0 Å². The van der Waals surface area contributed by atoms with Crippen LogP contribution in [0.5, 0.6) is 0 Å². The van der Waals surface area contributed by atoms with Crippen LogP contribution in [-0.2, 0) is 11.3 Å². The van der Waals surface area contributed by atoms with E-state index in [0.29, 0.717) is 6.54 Å². The molecule has 0 radical (unpaired) electrons. The number of aryl methyl sites for hydroxylation is 2. The van der Waals surface area contributed by atoms with Crippen LogP contribution in [0.4, 0.5) is 0 Å². The number of nitrogens with one attached hydrogen (secondary N) is 1. The second kappa shape index (κ2) is 7.74. The first kappa shape index (κ1) is 17.0. The number of aliphatic hydroxyl groups excluding tert-OH is 1. The monoisotopic (exact) mass is 313 g/mol. The molecule has 0 unspecified atom stereocenters. The largest absolute Gasteiger partial charge is 0.395 e. The summed E-state index contributed by atoms with van der Waals surface area (Å²) >= 11 is 0. The molecule has 0 bridgehead atoms. The number of carbonyl (C=O) groups is 1. The second-order valence-electron chi connectivity index (χ2n) is 5.58. The molecule has 5 nitrogen and oxygen atoms in total. The Morgan fingerprint density at radius 1 is 1.26 bits per heavy atom. The van der Waals surface area contributed by atoms with Crippen molar-refractivity contribution in [3.05, 3.63) is 58.4 Å². The summed E-state index contributed by atoms with van der Waals surface area (Å²) in [4.78, 5) is 11.6. The van der Waals surface area contributed by atoms with E-state index in [2.05, 4.69) is 41.6 Å². The van der Waals surface area contributed by atoms with Gasteiger partial charge in [0.2, 0.25) is 5.91 Å². The maximum Gasteiger partial charge on any atom is 0.244 e. The van der Waals surface area contributed by atoms with Gasteiger partial charge in [-0.25, -0.2) is 0 Å². The molecule has 0 fully saturated rings. The van der Waals surface area contributed by atoms with Gasteiger partial charge in [-0.05, 0) is 32.4 Å². The van der Waals surface area contributed by atoms with Crippen molar-refractivity contribution in [1.29, 1.82) is 0 Å². The van der Waals surface area contributed by atoms with E-state index < -0.39 is 0 Å². The Labute approximate surface area is 136 Å². The molecular formula is C18H23N3O2. The summed E-state index contributed by atoms with van der Waals surface area (Å²) < 4.78 is 1.95. The lowest BCUT2D eigenvalue weighted by molar-refractivity contribution is -0.116. The van der Waals surface area contributed by atoms with E-state index in [-0.39, 0.29) is 19.1 Å². The van der Waals surface area contributed by atoms with Crippen molar-refractivity contribution >= 4 is 12.0 Å². The van der Waals surface area contributed by atoms with Crippen LogP contribution in [0.15, 0.2) is 30.3 Å². The van der Waals surface area contributed by atoms with Crippen molar-refractivity contribution in [2.75, 3.05) is 13.2 Å². The number of hydrogen-bond acceptors (Lipinski definition) is 3. The van der Waals surface area contributed by atoms with Crippen LogP contribution in [0.1, 0.15) is 28.1 Å². The maximum absolute atomic E-state index is 11.6. The summed E-state index contributed by atoms with van der Waals surface area (Å²) in [5, 5.41) is 15.8. The highest BCUT2D eigenvalue weighted by Gasteiger charge is 2.09. The molecule has 5 heteroatoms. The van der Waals surface area contributed by atoms with Crippen molar-refractivity contribution in [1.82, 2.24) is 15.1 Å². The zero-order valence-corrected chi connectivity index (χ0v) is 13.8. The zero-order chi connectivity index (χ0) is 16.8. The van der Waals surface area contributed by atoms with E-state index in [0.717, 1.165) is 17.0 Å². The van der Waals surface area contributed by atoms with Gasteiger partial charge in [-0.1, -0.05) is 29.8 Å². The third kappa shape index (κ3) is 4.53. The van der Waals surface area contributed by atoms with Gasteiger partial charge >= 0.3 is 0 Å². The first-order valence-electron chi connectivity index (χ1n) is 7.67. The number of aliphatic hydroxyl groups is 1. The van der Waals surface area contributed by atoms with Crippen LogP contribution in [0.3, 0.4) is 0 Å². The molecule has 0 aliphatic carbocycles. The summed E-state index contributed by atoms with van der Waals surface area (Å²) in [6.45, 7) is 6.90. The smallest absolute Gasteiger partial charge is 0.244 e. The summed E-state index contributed by atoms with van der Waals surface area (Å²) in [6.07, 6.45) is 3.25. The van der Waals surface area contributed by atoms with Gasteiger partial charge < -0.3 is 10.4 Å². The van der Waals surface area contributed by atoms with Crippen LogP contribution < -0.4 is 5.32 Å².